The van der Waals surface area contributed by atoms with Crippen LogP contribution in [0.3, 0.4) is 0 Å². The molecule has 0 N–H and O–H groups in total. The second kappa shape index (κ2) is 6.60. The molecule has 1 aromatic carbocycles. The number of thiophene rings is 1. The van der Waals surface area contributed by atoms with Crippen LogP contribution in [0.15, 0.2) is 36.7 Å². The number of esters is 1. The van der Waals surface area contributed by atoms with Crippen LogP contribution in [0, 0.1) is 29.1 Å². The molecule has 2 aromatic heterocycles. The fraction of sp³-hybridized carbons (Fsp3) is 0. The van der Waals surface area contributed by atoms with Gasteiger partial charge in [0.05, 0.1) is 0 Å². The number of benzene rings is 1. The highest BCUT2D eigenvalue weighted by atomic mass is 32.1. The van der Waals surface area contributed by atoms with Gasteiger partial charge in [0.15, 0.2) is 0 Å². The second-order valence-electron chi connectivity index (χ2n) is 4.69. The highest BCUT2D eigenvalue weighted by molar-refractivity contribution is 7.17. The molecule has 3 rings (SSSR count). The van der Waals surface area contributed by atoms with Crippen LogP contribution in [0.2, 0.25) is 0 Å². The monoisotopic (exact) mass is 371 g/mol. The van der Waals surface area contributed by atoms with Crippen molar-refractivity contribution in [1.29, 1.82) is 0 Å². The van der Waals surface area contributed by atoms with Crippen LogP contribution in [0.1, 0.15) is 9.67 Å². The Labute approximate surface area is 141 Å². The van der Waals surface area contributed by atoms with Gasteiger partial charge >= 0.3 is 5.97 Å². The Balaban J connectivity index is 1.91. The van der Waals surface area contributed by atoms with Crippen molar-refractivity contribution in [2.45, 2.75) is 0 Å². The minimum absolute atomic E-state index is 0.0807. The van der Waals surface area contributed by atoms with Gasteiger partial charge in [0.25, 0.3) is 0 Å². The third kappa shape index (κ3) is 3.10. The minimum atomic E-state index is -2.33. The number of hydrogen-bond acceptors (Lipinski definition) is 4. The van der Waals surface area contributed by atoms with Gasteiger partial charge in [-0.05, 0) is 18.2 Å². The average Bonchev–Trinajstić information content (AvgIpc) is 3.13. The molecule has 3 nitrogen and oxygen atoms in total. The number of hydrogen-bond donors (Lipinski definition) is 0. The van der Waals surface area contributed by atoms with E-state index in [4.69, 9.17) is 0 Å². The van der Waals surface area contributed by atoms with Crippen molar-refractivity contribution in [1.82, 2.24) is 4.98 Å². The van der Waals surface area contributed by atoms with E-state index in [-0.39, 0.29) is 4.88 Å². The van der Waals surface area contributed by atoms with Crippen LogP contribution in [0.4, 0.5) is 22.0 Å². The number of pyridine rings is 1. The maximum atomic E-state index is 13.5. The molecule has 2 heterocycles. The first kappa shape index (κ1) is 17.0. The molecule has 0 unspecified atom stereocenters. The quantitative estimate of drug-likeness (QED) is 0.220. The van der Waals surface area contributed by atoms with Crippen LogP contribution in [-0.2, 0) is 0 Å². The summed E-state index contributed by atoms with van der Waals surface area (Å²) in [6.07, 6.45) is 3.08. The summed E-state index contributed by atoms with van der Waals surface area (Å²) in [4.78, 5) is 16.4. The zero-order valence-corrected chi connectivity index (χ0v) is 12.8. The normalized spacial score (nSPS) is 10.8. The second-order valence-corrected chi connectivity index (χ2v) is 5.78. The van der Waals surface area contributed by atoms with Crippen molar-refractivity contribution < 1.29 is 31.5 Å². The fourth-order valence-electron chi connectivity index (χ4n) is 1.93. The first-order valence-electron chi connectivity index (χ1n) is 6.64. The molecule has 0 saturated carbocycles. The van der Waals surface area contributed by atoms with Crippen LogP contribution in [-0.4, -0.2) is 11.0 Å². The van der Waals surface area contributed by atoms with Gasteiger partial charge in [0.2, 0.25) is 34.8 Å². The van der Waals surface area contributed by atoms with Crippen LogP contribution >= 0.6 is 11.3 Å². The summed E-state index contributed by atoms with van der Waals surface area (Å²) in [5, 5.41) is 0. The van der Waals surface area contributed by atoms with Gasteiger partial charge in [-0.2, -0.15) is 8.78 Å². The molecule has 0 atom stereocenters. The van der Waals surface area contributed by atoms with E-state index in [1.807, 2.05) is 0 Å². The highest BCUT2D eigenvalue weighted by Gasteiger charge is 2.29. The summed E-state index contributed by atoms with van der Waals surface area (Å²) in [7, 11) is 0. The number of halogens is 5. The number of carbonyl (C=O) groups is 1. The SMILES string of the molecule is O=C(Oc1c(F)c(F)c(F)c(F)c1F)c1ccc(-c2cccnc2)s1. The lowest BCUT2D eigenvalue weighted by Gasteiger charge is -2.07. The molecular formula is C16H6F5NO2S. The Hall–Kier alpha value is -2.81. The lowest BCUT2D eigenvalue weighted by atomic mass is 10.2. The summed E-state index contributed by atoms with van der Waals surface area (Å²) < 4.78 is 70.7. The average molecular weight is 371 g/mol. The number of carbonyl (C=O) groups excluding carboxylic acids is 1. The third-order valence-corrected chi connectivity index (χ3v) is 4.23. The van der Waals surface area contributed by atoms with Crippen LogP contribution < -0.4 is 4.74 Å². The van der Waals surface area contributed by atoms with Gasteiger partial charge in [0.1, 0.15) is 4.88 Å². The molecule has 0 bridgehead atoms. The zero-order valence-electron chi connectivity index (χ0n) is 12.0. The van der Waals surface area contributed by atoms with E-state index in [2.05, 4.69) is 9.72 Å². The largest absolute Gasteiger partial charge is 0.416 e. The van der Waals surface area contributed by atoms with E-state index in [0.717, 1.165) is 11.3 Å². The van der Waals surface area contributed by atoms with Gasteiger partial charge in [-0.15, -0.1) is 11.3 Å². The summed E-state index contributed by atoms with van der Waals surface area (Å²) in [5.74, 6) is -14.0. The molecule has 0 spiro atoms. The summed E-state index contributed by atoms with van der Waals surface area (Å²) in [6, 6.07) is 6.23. The minimum Gasteiger partial charge on any atom is -0.416 e. The van der Waals surface area contributed by atoms with Crippen LogP contribution in [0.25, 0.3) is 10.4 Å². The van der Waals surface area contributed by atoms with E-state index in [1.54, 1.807) is 18.3 Å². The Morgan fingerprint density at radius 2 is 1.56 bits per heavy atom. The number of ether oxygens (including phenoxy) is 1. The first-order valence-corrected chi connectivity index (χ1v) is 7.45. The van der Waals surface area contributed by atoms with Gasteiger partial charge < -0.3 is 4.74 Å². The molecule has 0 saturated heterocycles. The molecular weight excluding hydrogens is 365 g/mol. The molecule has 128 valence electrons. The van der Waals surface area contributed by atoms with Gasteiger partial charge in [0, 0.05) is 22.8 Å². The summed E-state index contributed by atoms with van der Waals surface area (Å²) in [5.41, 5.74) is 0.683. The predicted octanol–water partition coefficient (Wildman–Crippen LogP) is 4.72. The van der Waals surface area contributed by atoms with Crippen molar-refractivity contribution in [3.63, 3.8) is 0 Å². The van der Waals surface area contributed by atoms with Gasteiger partial charge in [-0.25, -0.2) is 18.0 Å². The lowest BCUT2D eigenvalue weighted by Crippen LogP contribution is -2.12. The smallest absolute Gasteiger partial charge is 0.353 e. The first-order chi connectivity index (χ1) is 11.9. The maximum absolute atomic E-state index is 13.5. The van der Waals surface area contributed by atoms with E-state index < -0.39 is 40.8 Å². The number of rotatable bonds is 3. The fourth-order valence-corrected chi connectivity index (χ4v) is 2.80. The zero-order chi connectivity index (χ0) is 18.1. The molecule has 0 aliphatic rings. The lowest BCUT2D eigenvalue weighted by molar-refractivity contribution is 0.0721. The Bertz CT molecular complexity index is 930. The standard InChI is InChI=1S/C16H6F5NO2S/c17-10-11(18)13(20)15(14(21)12(10)19)24-16(23)9-4-3-8(25-9)7-2-1-5-22-6-7/h1-6H. The Kier molecular flexibility index (Phi) is 4.49. The van der Waals surface area contributed by atoms with Gasteiger partial charge in [-0.1, -0.05) is 6.07 Å². The predicted molar refractivity (Wildman–Crippen MR) is 78.7 cm³/mol. The van der Waals surface area contributed by atoms with Crippen molar-refractivity contribution in [3.8, 4) is 16.2 Å². The molecule has 3 aromatic rings. The van der Waals surface area contributed by atoms with Crippen molar-refractivity contribution in [3.05, 3.63) is 70.6 Å². The van der Waals surface area contributed by atoms with E-state index >= 15 is 0 Å². The summed E-state index contributed by atoms with van der Waals surface area (Å²) in [6.45, 7) is 0. The Morgan fingerprint density at radius 3 is 2.16 bits per heavy atom. The third-order valence-electron chi connectivity index (χ3n) is 3.12. The molecule has 9 heteroatoms. The van der Waals surface area contributed by atoms with E-state index in [0.29, 0.717) is 10.4 Å². The molecule has 0 radical (unpaired) electrons. The molecule has 0 fully saturated rings. The molecule has 0 aliphatic heterocycles. The van der Waals surface area contributed by atoms with E-state index in [1.165, 1.54) is 18.3 Å². The molecule has 0 aliphatic carbocycles. The summed E-state index contributed by atoms with van der Waals surface area (Å²) >= 11 is 0.916. The molecule has 0 amide bonds. The van der Waals surface area contributed by atoms with Crippen molar-refractivity contribution >= 4 is 17.3 Å². The topological polar surface area (TPSA) is 39.2 Å². The molecule has 25 heavy (non-hydrogen) atoms. The highest BCUT2D eigenvalue weighted by Crippen LogP contribution is 2.32. The number of nitrogens with zero attached hydrogens (tertiary/aromatic N) is 1. The van der Waals surface area contributed by atoms with Gasteiger partial charge in [-0.3, -0.25) is 4.98 Å². The van der Waals surface area contributed by atoms with Crippen molar-refractivity contribution in [2.75, 3.05) is 0 Å². The Morgan fingerprint density at radius 1 is 0.920 bits per heavy atom. The van der Waals surface area contributed by atoms with Crippen LogP contribution in [0.5, 0.6) is 5.75 Å². The van der Waals surface area contributed by atoms with Crippen molar-refractivity contribution in [2.24, 2.45) is 0 Å². The number of aromatic nitrogens is 1. The maximum Gasteiger partial charge on any atom is 0.353 e. The van der Waals surface area contributed by atoms with E-state index in [9.17, 15) is 26.7 Å².